The van der Waals surface area contributed by atoms with Crippen LogP contribution in [0.3, 0.4) is 0 Å². The van der Waals surface area contributed by atoms with E-state index in [-0.39, 0.29) is 10.8 Å². The second kappa shape index (κ2) is 8.22. The van der Waals surface area contributed by atoms with Crippen LogP contribution in [-0.4, -0.2) is 37.2 Å². The molecule has 7 heteroatoms. The van der Waals surface area contributed by atoms with Gasteiger partial charge in [0.25, 0.3) is 5.91 Å². The Hall–Kier alpha value is -2.25. The Kier molecular flexibility index (Phi) is 6.27. The number of hydrogen-bond acceptors (Lipinski definition) is 4. The summed E-state index contributed by atoms with van der Waals surface area (Å²) in [6.45, 7) is 4.34. The van der Waals surface area contributed by atoms with Crippen LogP contribution >= 0.6 is 0 Å². The van der Waals surface area contributed by atoms with Gasteiger partial charge in [-0.25, -0.2) is 12.7 Å². The van der Waals surface area contributed by atoms with E-state index in [1.165, 1.54) is 22.6 Å². The average Bonchev–Trinajstić information content (AvgIpc) is 2.60. The molecule has 0 aliphatic heterocycles. The van der Waals surface area contributed by atoms with Gasteiger partial charge in [0, 0.05) is 31.2 Å². The number of nitrogens with one attached hydrogen (secondary N) is 1. The van der Waals surface area contributed by atoms with Crippen LogP contribution in [0.5, 0.6) is 0 Å². The number of amides is 1. The fourth-order valence-corrected chi connectivity index (χ4v) is 3.41. The molecule has 2 rings (SSSR count). The van der Waals surface area contributed by atoms with Gasteiger partial charge in [-0.2, -0.15) is 0 Å². The molecule has 0 aliphatic carbocycles. The SMILES string of the molecule is CCCCN(C)S(=O)(=O)c1ccc(NC(=O)c2ccc(C)nc2)cc1. The largest absolute Gasteiger partial charge is 0.322 e. The van der Waals surface area contributed by atoms with Gasteiger partial charge in [-0.1, -0.05) is 13.3 Å². The normalized spacial score (nSPS) is 11.5. The van der Waals surface area contributed by atoms with Crippen molar-refractivity contribution in [1.29, 1.82) is 0 Å². The van der Waals surface area contributed by atoms with Gasteiger partial charge in [0.1, 0.15) is 0 Å². The van der Waals surface area contributed by atoms with Crippen LogP contribution < -0.4 is 5.32 Å². The summed E-state index contributed by atoms with van der Waals surface area (Å²) in [5, 5.41) is 2.73. The van der Waals surface area contributed by atoms with Gasteiger partial charge in [0.2, 0.25) is 10.0 Å². The lowest BCUT2D eigenvalue weighted by molar-refractivity contribution is 0.102. The van der Waals surface area contributed by atoms with Gasteiger partial charge in [-0.3, -0.25) is 9.78 Å². The van der Waals surface area contributed by atoms with E-state index in [1.54, 1.807) is 31.3 Å². The number of unbranched alkanes of at least 4 members (excludes halogenated alkanes) is 1. The Morgan fingerprint density at radius 2 is 1.84 bits per heavy atom. The van der Waals surface area contributed by atoms with Gasteiger partial charge < -0.3 is 5.32 Å². The van der Waals surface area contributed by atoms with E-state index in [2.05, 4.69) is 10.3 Å². The third-order valence-corrected chi connectivity index (χ3v) is 5.69. The molecule has 2 aromatic rings. The average molecular weight is 361 g/mol. The highest BCUT2D eigenvalue weighted by Gasteiger charge is 2.20. The molecule has 0 fully saturated rings. The van der Waals surface area contributed by atoms with Gasteiger partial charge in [0.15, 0.2) is 0 Å². The van der Waals surface area contributed by atoms with Crippen molar-refractivity contribution in [3.63, 3.8) is 0 Å². The van der Waals surface area contributed by atoms with Crippen molar-refractivity contribution in [1.82, 2.24) is 9.29 Å². The summed E-state index contributed by atoms with van der Waals surface area (Å²) in [5.74, 6) is -0.289. The molecule has 0 unspecified atom stereocenters. The predicted octanol–water partition coefficient (Wildman–Crippen LogP) is 3.06. The minimum atomic E-state index is -3.50. The van der Waals surface area contributed by atoms with Gasteiger partial charge in [0.05, 0.1) is 10.5 Å². The smallest absolute Gasteiger partial charge is 0.257 e. The summed E-state index contributed by atoms with van der Waals surface area (Å²) in [6, 6.07) is 9.62. The molecule has 1 aromatic heterocycles. The molecule has 0 saturated carbocycles. The number of pyridine rings is 1. The molecule has 1 amide bonds. The van der Waals surface area contributed by atoms with Crippen LogP contribution in [0.15, 0.2) is 47.5 Å². The monoisotopic (exact) mass is 361 g/mol. The standard InChI is InChI=1S/C18H23N3O3S/c1-4-5-12-21(3)25(23,24)17-10-8-16(9-11-17)20-18(22)15-7-6-14(2)19-13-15/h6-11,13H,4-5,12H2,1-3H3,(H,20,22). The van der Waals surface area contributed by atoms with Gasteiger partial charge in [-0.05, 0) is 49.7 Å². The zero-order valence-corrected chi connectivity index (χ0v) is 15.5. The zero-order valence-electron chi connectivity index (χ0n) is 14.7. The van der Waals surface area contributed by atoms with Crippen molar-refractivity contribution in [2.45, 2.75) is 31.6 Å². The van der Waals surface area contributed by atoms with Crippen LogP contribution in [-0.2, 0) is 10.0 Å². The molecule has 0 saturated heterocycles. The number of benzene rings is 1. The van der Waals surface area contributed by atoms with Crippen molar-refractivity contribution < 1.29 is 13.2 Å². The summed E-state index contributed by atoms with van der Waals surface area (Å²) in [6.07, 6.45) is 3.25. The Bertz CT molecular complexity index is 816. The van der Waals surface area contributed by atoms with Crippen molar-refractivity contribution >= 4 is 21.6 Å². The number of rotatable bonds is 7. The highest BCUT2D eigenvalue weighted by molar-refractivity contribution is 7.89. The predicted molar refractivity (Wildman–Crippen MR) is 98.1 cm³/mol. The molecule has 25 heavy (non-hydrogen) atoms. The van der Waals surface area contributed by atoms with Crippen molar-refractivity contribution in [3.05, 3.63) is 53.9 Å². The molecular formula is C18H23N3O3S. The van der Waals surface area contributed by atoms with E-state index >= 15 is 0 Å². The summed E-state index contributed by atoms with van der Waals surface area (Å²) in [4.78, 5) is 16.5. The molecule has 0 atom stereocenters. The number of sulfonamides is 1. The fourth-order valence-electron chi connectivity index (χ4n) is 2.20. The zero-order chi connectivity index (χ0) is 18.4. The number of hydrogen-bond donors (Lipinski definition) is 1. The van der Waals surface area contributed by atoms with Gasteiger partial charge in [-0.15, -0.1) is 0 Å². The third-order valence-electron chi connectivity index (χ3n) is 3.82. The maximum atomic E-state index is 12.5. The summed E-state index contributed by atoms with van der Waals surface area (Å²) >= 11 is 0. The van der Waals surface area contributed by atoms with Crippen molar-refractivity contribution in [3.8, 4) is 0 Å². The Labute approximate surface area is 148 Å². The van der Waals surface area contributed by atoms with E-state index < -0.39 is 10.0 Å². The van der Waals surface area contributed by atoms with E-state index in [0.29, 0.717) is 17.8 Å². The quantitative estimate of drug-likeness (QED) is 0.822. The second-order valence-corrected chi connectivity index (χ2v) is 7.89. The summed E-state index contributed by atoms with van der Waals surface area (Å²) < 4.78 is 26.3. The molecule has 0 bridgehead atoms. The number of anilines is 1. The first-order valence-corrected chi connectivity index (χ1v) is 9.59. The maximum Gasteiger partial charge on any atom is 0.257 e. The third kappa shape index (κ3) is 4.87. The topological polar surface area (TPSA) is 79.4 Å². The number of aryl methyl sites for hydroxylation is 1. The van der Waals surface area contributed by atoms with Gasteiger partial charge >= 0.3 is 0 Å². The fraction of sp³-hybridized carbons (Fsp3) is 0.333. The lowest BCUT2D eigenvalue weighted by Crippen LogP contribution is -2.27. The summed E-state index contributed by atoms with van der Waals surface area (Å²) in [7, 11) is -1.93. The molecule has 1 N–H and O–H groups in total. The number of aromatic nitrogens is 1. The molecule has 134 valence electrons. The highest BCUT2D eigenvalue weighted by Crippen LogP contribution is 2.18. The van der Waals surface area contributed by atoms with E-state index in [0.717, 1.165) is 18.5 Å². The number of carbonyl (C=O) groups excluding carboxylic acids is 1. The number of carbonyl (C=O) groups is 1. The molecule has 1 aromatic carbocycles. The molecular weight excluding hydrogens is 338 g/mol. The molecule has 1 heterocycles. The lowest BCUT2D eigenvalue weighted by atomic mass is 10.2. The molecule has 6 nitrogen and oxygen atoms in total. The Balaban J connectivity index is 2.09. The number of nitrogens with zero attached hydrogens (tertiary/aromatic N) is 2. The Morgan fingerprint density at radius 3 is 2.40 bits per heavy atom. The minimum Gasteiger partial charge on any atom is -0.322 e. The highest BCUT2D eigenvalue weighted by atomic mass is 32.2. The Morgan fingerprint density at radius 1 is 1.16 bits per heavy atom. The van der Waals surface area contributed by atoms with Crippen LogP contribution in [0.25, 0.3) is 0 Å². The van der Waals surface area contributed by atoms with E-state index in [9.17, 15) is 13.2 Å². The molecule has 0 radical (unpaired) electrons. The maximum absolute atomic E-state index is 12.5. The van der Waals surface area contributed by atoms with Crippen LogP contribution in [0.2, 0.25) is 0 Å². The minimum absolute atomic E-state index is 0.209. The van der Waals surface area contributed by atoms with Crippen molar-refractivity contribution in [2.24, 2.45) is 0 Å². The first-order chi connectivity index (χ1) is 11.8. The first kappa shape index (κ1) is 19.1. The molecule has 0 aliphatic rings. The first-order valence-electron chi connectivity index (χ1n) is 8.15. The van der Waals surface area contributed by atoms with E-state index in [1.807, 2.05) is 13.8 Å². The molecule has 0 spiro atoms. The lowest BCUT2D eigenvalue weighted by Gasteiger charge is -2.17. The second-order valence-electron chi connectivity index (χ2n) is 5.85. The van der Waals surface area contributed by atoms with Crippen molar-refractivity contribution in [2.75, 3.05) is 18.9 Å². The van der Waals surface area contributed by atoms with E-state index in [4.69, 9.17) is 0 Å². The van der Waals surface area contributed by atoms with Crippen LogP contribution in [0.1, 0.15) is 35.8 Å². The van der Waals surface area contributed by atoms with Crippen LogP contribution in [0.4, 0.5) is 5.69 Å². The van der Waals surface area contributed by atoms with Crippen LogP contribution in [0, 0.1) is 6.92 Å². The summed E-state index contributed by atoms with van der Waals surface area (Å²) in [5.41, 5.74) is 1.81.